The van der Waals surface area contributed by atoms with Gasteiger partial charge in [-0.05, 0) is 37.5 Å². The molecule has 0 radical (unpaired) electrons. The third-order valence-corrected chi connectivity index (χ3v) is 4.06. The molecule has 1 saturated carbocycles. The average molecular weight is 275 g/mol. The molecule has 1 aromatic rings. The quantitative estimate of drug-likeness (QED) is 0.885. The summed E-state index contributed by atoms with van der Waals surface area (Å²) in [5.74, 6) is 0. The number of anilines is 1. The van der Waals surface area contributed by atoms with E-state index in [1.807, 2.05) is 36.1 Å². The molecule has 0 saturated heterocycles. The van der Waals surface area contributed by atoms with E-state index in [1.54, 1.807) is 0 Å². The Balaban J connectivity index is 1.97. The monoisotopic (exact) mass is 275 g/mol. The van der Waals surface area contributed by atoms with Crippen LogP contribution in [-0.2, 0) is 6.54 Å². The minimum atomic E-state index is 0.0138. The Bertz CT molecular complexity index is 424. The van der Waals surface area contributed by atoms with Crippen LogP contribution in [-0.4, -0.2) is 23.5 Å². The predicted octanol–water partition coefficient (Wildman–Crippen LogP) is 3.33. The fraction of sp³-hybridized carbons (Fsp3) is 0.562. The van der Waals surface area contributed by atoms with Crippen molar-refractivity contribution >= 4 is 11.7 Å². The Morgan fingerprint density at radius 3 is 2.45 bits per heavy atom. The van der Waals surface area contributed by atoms with E-state index in [9.17, 15) is 4.79 Å². The molecule has 2 amide bonds. The van der Waals surface area contributed by atoms with Crippen molar-refractivity contribution in [1.29, 1.82) is 0 Å². The summed E-state index contributed by atoms with van der Waals surface area (Å²) in [7, 11) is 0. The lowest BCUT2D eigenvalue weighted by molar-refractivity contribution is 0.172. The number of hydrogen-bond acceptors (Lipinski definition) is 2. The minimum Gasteiger partial charge on any atom is -0.326 e. The lowest BCUT2D eigenvalue weighted by Gasteiger charge is -2.33. The molecule has 0 atom stereocenters. The van der Waals surface area contributed by atoms with E-state index in [4.69, 9.17) is 5.73 Å². The van der Waals surface area contributed by atoms with Crippen molar-refractivity contribution in [3.8, 4) is 0 Å². The van der Waals surface area contributed by atoms with E-state index < -0.39 is 0 Å². The molecule has 1 aromatic carbocycles. The zero-order valence-corrected chi connectivity index (χ0v) is 12.3. The number of rotatable bonds is 4. The van der Waals surface area contributed by atoms with Crippen LogP contribution in [0.5, 0.6) is 0 Å². The second kappa shape index (κ2) is 7.29. The zero-order chi connectivity index (χ0) is 14.4. The third-order valence-electron chi connectivity index (χ3n) is 4.06. The molecule has 4 nitrogen and oxygen atoms in total. The summed E-state index contributed by atoms with van der Waals surface area (Å²) < 4.78 is 0. The van der Waals surface area contributed by atoms with Gasteiger partial charge in [0.2, 0.25) is 0 Å². The second-order valence-corrected chi connectivity index (χ2v) is 5.41. The molecule has 20 heavy (non-hydrogen) atoms. The first-order valence-corrected chi connectivity index (χ1v) is 7.61. The maximum Gasteiger partial charge on any atom is 0.322 e. The summed E-state index contributed by atoms with van der Waals surface area (Å²) >= 11 is 0. The summed E-state index contributed by atoms with van der Waals surface area (Å²) in [6, 6.07) is 8.14. The number of hydrogen-bond donors (Lipinski definition) is 2. The molecular weight excluding hydrogens is 250 g/mol. The van der Waals surface area contributed by atoms with Crippen molar-refractivity contribution in [1.82, 2.24) is 4.90 Å². The smallest absolute Gasteiger partial charge is 0.322 e. The van der Waals surface area contributed by atoms with E-state index in [0.29, 0.717) is 12.6 Å². The van der Waals surface area contributed by atoms with Gasteiger partial charge in [-0.2, -0.15) is 0 Å². The number of nitrogens with zero attached hydrogens (tertiary/aromatic N) is 1. The Labute approximate surface area is 121 Å². The van der Waals surface area contributed by atoms with Gasteiger partial charge in [-0.1, -0.05) is 31.4 Å². The van der Waals surface area contributed by atoms with Gasteiger partial charge in [0.1, 0.15) is 0 Å². The number of carbonyl (C=O) groups is 1. The first kappa shape index (κ1) is 14.9. The maximum absolute atomic E-state index is 12.4. The van der Waals surface area contributed by atoms with Crippen LogP contribution >= 0.6 is 0 Å². The van der Waals surface area contributed by atoms with Crippen molar-refractivity contribution in [2.75, 3.05) is 11.9 Å². The number of urea groups is 1. The van der Waals surface area contributed by atoms with Crippen molar-refractivity contribution in [2.45, 2.75) is 51.6 Å². The molecule has 0 unspecified atom stereocenters. The van der Waals surface area contributed by atoms with E-state index in [2.05, 4.69) is 5.32 Å². The molecule has 1 aliphatic carbocycles. The zero-order valence-electron chi connectivity index (χ0n) is 12.3. The van der Waals surface area contributed by atoms with Crippen molar-refractivity contribution in [3.63, 3.8) is 0 Å². The van der Waals surface area contributed by atoms with E-state index in [0.717, 1.165) is 30.6 Å². The molecule has 0 aromatic heterocycles. The summed E-state index contributed by atoms with van der Waals surface area (Å²) in [6.07, 6.45) is 6.04. The summed E-state index contributed by atoms with van der Waals surface area (Å²) in [6.45, 7) is 3.33. The van der Waals surface area contributed by atoms with Gasteiger partial charge in [0, 0.05) is 24.8 Å². The van der Waals surface area contributed by atoms with Gasteiger partial charge in [-0.15, -0.1) is 0 Å². The van der Waals surface area contributed by atoms with Gasteiger partial charge in [-0.3, -0.25) is 0 Å². The highest BCUT2D eigenvalue weighted by Gasteiger charge is 2.23. The SMILES string of the molecule is CCN(C(=O)Nc1ccc(CN)cc1)C1CCCCC1. The van der Waals surface area contributed by atoms with E-state index in [1.165, 1.54) is 19.3 Å². The van der Waals surface area contributed by atoms with E-state index >= 15 is 0 Å². The van der Waals surface area contributed by atoms with Crippen molar-refractivity contribution in [2.24, 2.45) is 5.73 Å². The molecule has 4 heteroatoms. The Hall–Kier alpha value is -1.55. The highest BCUT2D eigenvalue weighted by Crippen LogP contribution is 2.23. The lowest BCUT2D eigenvalue weighted by Crippen LogP contribution is -2.43. The standard InChI is InChI=1S/C16H25N3O/c1-2-19(15-6-4-3-5-7-15)16(20)18-14-10-8-13(12-17)9-11-14/h8-11,15H,2-7,12,17H2,1H3,(H,18,20). The van der Waals surface area contributed by atoms with Gasteiger partial charge in [0.05, 0.1) is 0 Å². The highest BCUT2D eigenvalue weighted by atomic mass is 16.2. The van der Waals surface area contributed by atoms with Crippen LogP contribution in [0.25, 0.3) is 0 Å². The number of nitrogens with two attached hydrogens (primary N) is 1. The fourth-order valence-corrected chi connectivity index (χ4v) is 2.88. The van der Waals surface area contributed by atoms with Gasteiger partial charge >= 0.3 is 6.03 Å². The minimum absolute atomic E-state index is 0.0138. The molecule has 0 aliphatic heterocycles. The number of benzene rings is 1. The molecule has 110 valence electrons. The topological polar surface area (TPSA) is 58.4 Å². The van der Waals surface area contributed by atoms with Crippen molar-refractivity contribution < 1.29 is 4.79 Å². The maximum atomic E-state index is 12.4. The van der Waals surface area contributed by atoms with E-state index in [-0.39, 0.29) is 6.03 Å². The van der Waals surface area contributed by atoms with Crippen LogP contribution < -0.4 is 11.1 Å². The predicted molar refractivity (Wildman–Crippen MR) is 82.6 cm³/mol. The molecular formula is C16H25N3O. The van der Waals surface area contributed by atoms with Gasteiger partial charge in [-0.25, -0.2) is 4.79 Å². The van der Waals surface area contributed by atoms with Gasteiger partial charge in [0.25, 0.3) is 0 Å². The number of amides is 2. The van der Waals surface area contributed by atoms with Crippen LogP contribution in [0.2, 0.25) is 0 Å². The Morgan fingerprint density at radius 1 is 1.25 bits per heavy atom. The molecule has 0 heterocycles. The summed E-state index contributed by atoms with van der Waals surface area (Å²) in [4.78, 5) is 14.4. The second-order valence-electron chi connectivity index (χ2n) is 5.41. The van der Waals surface area contributed by atoms with Crippen LogP contribution in [0.15, 0.2) is 24.3 Å². The molecule has 0 spiro atoms. The van der Waals surface area contributed by atoms with Gasteiger partial charge in [0.15, 0.2) is 0 Å². The van der Waals surface area contributed by atoms with Crippen LogP contribution in [0.3, 0.4) is 0 Å². The summed E-state index contributed by atoms with van der Waals surface area (Å²) in [5.41, 5.74) is 7.48. The van der Waals surface area contributed by atoms with Crippen LogP contribution in [0, 0.1) is 0 Å². The first-order valence-electron chi connectivity index (χ1n) is 7.61. The largest absolute Gasteiger partial charge is 0.326 e. The lowest BCUT2D eigenvalue weighted by atomic mass is 9.94. The Morgan fingerprint density at radius 2 is 1.90 bits per heavy atom. The summed E-state index contributed by atoms with van der Waals surface area (Å²) in [5, 5.41) is 2.99. The van der Waals surface area contributed by atoms with Crippen molar-refractivity contribution in [3.05, 3.63) is 29.8 Å². The number of carbonyl (C=O) groups excluding carboxylic acids is 1. The fourth-order valence-electron chi connectivity index (χ4n) is 2.88. The Kier molecular flexibility index (Phi) is 5.41. The normalized spacial score (nSPS) is 15.9. The molecule has 2 rings (SSSR count). The highest BCUT2D eigenvalue weighted by molar-refractivity contribution is 5.89. The number of nitrogens with one attached hydrogen (secondary N) is 1. The van der Waals surface area contributed by atoms with Crippen LogP contribution in [0.1, 0.15) is 44.6 Å². The molecule has 1 fully saturated rings. The molecule has 0 bridgehead atoms. The van der Waals surface area contributed by atoms with Crippen LogP contribution in [0.4, 0.5) is 10.5 Å². The third kappa shape index (κ3) is 3.73. The molecule has 1 aliphatic rings. The molecule has 3 N–H and O–H groups in total. The van der Waals surface area contributed by atoms with Gasteiger partial charge < -0.3 is 16.0 Å². The first-order chi connectivity index (χ1) is 9.74. The average Bonchev–Trinajstić information content (AvgIpc) is 2.50.